The summed E-state index contributed by atoms with van der Waals surface area (Å²) < 4.78 is 0. The number of likely N-dealkylation sites (tertiary alicyclic amines) is 3. The van der Waals surface area contributed by atoms with Gasteiger partial charge in [0.25, 0.3) is 0 Å². The van der Waals surface area contributed by atoms with E-state index in [9.17, 15) is 0 Å². The van der Waals surface area contributed by atoms with Gasteiger partial charge in [-0.1, -0.05) is 20.3 Å². The summed E-state index contributed by atoms with van der Waals surface area (Å²) in [5, 5.41) is 23.3. The van der Waals surface area contributed by atoms with Gasteiger partial charge in [-0.2, -0.15) is 0 Å². The summed E-state index contributed by atoms with van der Waals surface area (Å²) in [4.78, 5) is 7.74. The number of hydrogen-bond acceptors (Lipinski definition) is 8. The molecule has 52 heavy (non-hydrogen) atoms. The van der Waals surface area contributed by atoms with Crippen molar-refractivity contribution in [2.45, 2.75) is 228 Å². The van der Waals surface area contributed by atoms with Gasteiger partial charge in [0.05, 0.1) is 6.10 Å². The van der Waals surface area contributed by atoms with Crippen LogP contribution in [0.15, 0.2) is 0 Å². The molecular weight excluding hydrogens is 643 g/mol. The first-order chi connectivity index (χ1) is 23.4. The van der Waals surface area contributed by atoms with E-state index in [1.165, 1.54) is 110 Å². The minimum Gasteiger partial charge on any atom is -0.393 e. The predicted octanol–water partition coefficient (Wildman–Crippen LogP) is 7.89. The Hall–Kier alpha value is -0.320. The minimum atomic E-state index is -0.0418. The van der Waals surface area contributed by atoms with E-state index in [-0.39, 0.29) is 35.7 Å². The Morgan fingerprint density at radius 2 is 0.712 bits per heavy atom. The molecule has 4 rings (SSSR count). The number of hydrogen-bond donors (Lipinski definition) is 5. The Bertz CT molecular complexity index is 810. The van der Waals surface area contributed by atoms with Crippen molar-refractivity contribution in [1.82, 2.24) is 36.0 Å². The zero-order chi connectivity index (χ0) is 38.9. The fourth-order valence-electron chi connectivity index (χ4n) is 8.08. The molecule has 8 nitrogen and oxygen atoms in total. The van der Waals surface area contributed by atoms with E-state index >= 15 is 0 Å². The van der Waals surface area contributed by atoms with E-state index in [1.807, 2.05) is 0 Å². The van der Waals surface area contributed by atoms with Crippen molar-refractivity contribution in [3.8, 4) is 0 Å². The van der Waals surface area contributed by atoms with Crippen LogP contribution in [0.25, 0.3) is 0 Å². The Labute approximate surface area is 327 Å². The average Bonchev–Trinajstić information content (AvgIpc) is 3.43. The van der Waals surface area contributed by atoms with Crippen LogP contribution in [0.2, 0.25) is 0 Å². The van der Waals surface area contributed by atoms with E-state index in [1.54, 1.807) is 0 Å². The highest BCUT2D eigenvalue weighted by molar-refractivity contribution is 4.89. The lowest BCUT2D eigenvalue weighted by Crippen LogP contribution is -2.51. The van der Waals surface area contributed by atoms with Crippen LogP contribution in [0.4, 0.5) is 0 Å². The van der Waals surface area contributed by atoms with Gasteiger partial charge >= 0.3 is 0 Å². The van der Waals surface area contributed by atoms with Crippen molar-refractivity contribution in [3.05, 3.63) is 0 Å². The van der Waals surface area contributed by atoms with Gasteiger partial charge in [-0.3, -0.25) is 0 Å². The van der Waals surface area contributed by atoms with Crippen LogP contribution < -0.4 is 21.3 Å². The fourth-order valence-corrected chi connectivity index (χ4v) is 8.08. The minimum absolute atomic E-state index is 0. The molecule has 3 atom stereocenters. The first-order valence-corrected chi connectivity index (χ1v) is 21.3. The van der Waals surface area contributed by atoms with Crippen LogP contribution in [-0.4, -0.2) is 131 Å². The Kier molecular flexibility index (Phi) is 24.9. The van der Waals surface area contributed by atoms with Crippen molar-refractivity contribution in [2.75, 3.05) is 58.9 Å². The highest BCUT2D eigenvalue weighted by Gasteiger charge is 2.29. The first kappa shape index (κ1) is 51.7. The van der Waals surface area contributed by atoms with Gasteiger partial charge in [0.15, 0.2) is 0 Å². The SMILES string of the molecule is C.CC(C)(C)NC1CC(O)C1.CC(CN1CCCC1)NC(C)(C)C.CC(CN1CCCCC1)NC(C)(C)C.CC(CN1CCCCC1)NC(C)(C)C. The number of nitrogens with zero attached hydrogens (tertiary/aromatic N) is 3. The number of piperidine rings is 2. The zero-order valence-electron chi connectivity index (χ0n) is 37.1. The first-order valence-electron chi connectivity index (χ1n) is 21.3. The van der Waals surface area contributed by atoms with Crippen molar-refractivity contribution in [2.24, 2.45) is 0 Å². The van der Waals surface area contributed by atoms with E-state index < -0.39 is 0 Å². The third kappa shape index (κ3) is 30.0. The fraction of sp³-hybridized carbons (Fsp3) is 1.00. The molecule has 3 unspecified atom stereocenters. The second kappa shape index (κ2) is 25.0. The van der Waals surface area contributed by atoms with Gasteiger partial charge < -0.3 is 41.1 Å². The largest absolute Gasteiger partial charge is 0.393 e. The molecular formula is C44H97N7O. The summed E-state index contributed by atoms with van der Waals surface area (Å²) in [6.07, 6.45) is 13.0. The van der Waals surface area contributed by atoms with Crippen molar-refractivity contribution >= 4 is 0 Å². The topological polar surface area (TPSA) is 78.1 Å². The van der Waals surface area contributed by atoms with Gasteiger partial charge in [0.1, 0.15) is 0 Å². The smallest absolute Gasteiger partial charge is 0.0570 e. The Morgan fingerprint density at radius 1 is 0.462 bits per heavy atom. The molecule has 1 saturated carbocycles. The molecule has 0 aromatic rings. The maximum absolute atomic E-state index is 8.98. The van der Waals surface area contributed by atoms with Crippen molar-refractivity contribution in [1.29, 1.82) is 0 Å². The standard InChI is InChI=1S/2C12H26N2.C11H24N2.C8H17NO.CH4/c2*1-11(13-12(2,3)4)10-14-8-6-5-7-9-14;1-10(12-11(2,3)4)9-13-7-5-6-8-13;1-8(2,3)9-6-4-7(10)5-6;/h2*11,13H,5-10H2,1-4H3;10,12H,5-9H2,1-4H3;6-7,9-10H,4-5H2,1-3H3;1H4. The lowest BCUT2D eigenvalue weighted by atomic mass is 9.87. The van der Waals surface area contributed by atoms with E-state index in [0.717, 1.165) is 12.8 Å². The number of aliphatic hydroxyl groups is 1. The molecule has 5 N–H and O–H groups in total. The second-order valence-corrected chi connectivity index (χ2v) is 20.8. The van der Waals surface area contributed by atoms with Crippen LogP contribution in [0.3, 0.4) is 0 Å². The predicted molar refractivity (Wildman–Crippen MR) is 232 cm³/mol. The van der Waals surface area contributed by atoms with Gasteiger partial charge in [-0.25, -0.2) is 0 Å². The Balaban J connectivity index is 0.000000667. The maximum atomic E-state index is 8.98. The second-order valence-electron chi connectivity index (χ2n) is 20.8. The lowest BCUT2D eigenvalue weighted by Gasteiger charge is -2.37. The van der Waals surface area contributed by atoms with Crippen LogP contribution >= 0.6 is 0 Å². The van der Waals surface area contributed by atoms with E-state index in [4.69, 9.17) is 5.11 Å². The monoisotopic (exact) mass is 740 g/mol. The summed E-state index contributed by atoms with van der Waals surface area (Å²) >= 11 is 0. The van der Waals surface area contributed by atoms with E-state index in [0.29, 0.717) is 24.2 Å². The average molecular weight is 740 g/mol. The van der Waals surface area contributed by atoms with Crippen molar-refractivity contribution in [3.63, 3.8) is 0 Å². The molecule has 8 heteroatoms. The molecule has 4 aliphatic rings. The van der Waals surface area contributed by atoms with Crippen LogP contribution in [0, 0.1) is 0 Å². The molecule has 3 aliphatic heterocycles. The summed E-state index contributed by atoms with van der Waals surface area (Å²) in [5.74, 6) is 0. The number of nitrogens with one attached hydrogen (secondary N) is 4. The summed E-state index contributed by atoms with van der Waals surface area (Å²) in [7, 11) is 0. The highest BCUT2D eigenvalue weighted by Crippen LogP contribution is 2.21. The normalized spacial score (nSPS) is 24.0. The summed E-state index contributed by atoms with van der Waals surface area (Å²) in [5.41, 5.74) is 0.939. The molecule has 0 spiro atoms. The summed E-state index contributed by atoms with van der Waals surface area (Å²) in [6, 6.07) is 2.37. The third-order valence-corrected chi connectivity index (χ3v) is 9.48. The third-order valence-electron chi connectivity index (χ3n) is 9.48. The molecule has 314 valence electrons. The molecule has 3 saturated heterocycles. The molecule has 0 aromatic heterocycles. The molecule has 1 aliphatic carbocycles. The van der Waals surface area contributed by atoms with Gasteiger partial charge in [0, 0.05) is 66.0 Å². The molecule has 0 bridgehead atoms. The number of rotatable bonds is 10. The van der Waals surface area contributed by atoms with Crippen LogP contribution in [0.5, 0.6) is 0 Å². The van der Waals surface area contributed by atoms with Gasteiger partial charge in [0.2, 0.25) is 0 Å². The molecule has 3 heterocycles. The van der Waals surface area contributed by atoms with Gasteiger partial charge in [-0.15, -0.1) is 0 Å². The van der Waals surface area contributed by atoms with E-state index in [2.05, 4.69) is 140 Å². The van der Waals surface area contributed by atoms with Gasteiger partial charge in [-0.05, 0) is 194 Å². The Morgan fingerprint density at radius 3 is 0.923 bits per heavy atom. The molecule has 0 radical (unpaired) electrons. The van der Waals surface area contributed by atoms with Crippen molar-refractivity contribution < 1.29 is 5.11 Å². The quantitative estimate of drug-likeness (QED) is 0.155. The van der Waals surface area contributed by atoms with Crippen LogP contribution in [0.1, 0.15) is 175 Å². The lowest BCUT2D eigenvalue weighted by molar-refractivity contribution is 0.0525. The number of aliphatic hydroxyl groups excluding tert-OH is 1. The van der Waals surface area contributed by atoms with Crippen LogP contribution in [-0.2, 0) is 0 Å². The molecule has 0 amide bonds. The maximum Gasteiger partial charge on any atom is 0.0570 e. The summed E-state index contributed by atoms with van der Waals surface area (Å²) in [6.45, 7) is 44.8. The highest BCUT2D eigenvalue weighted by atomic mass is 16.3. The molecule has 4 fully saturated rings. The zero-order valence-corrected chi connectivity index (χ0v) is 37.1. The molecule has 0 aromatic carbocycles.